The van der Waals surface area contributed by atoms with Crippen molar-refractivity contribution in [2.75, 3.05) is 0 Å². The van der Waals surface area contributed by atoms with Crippen molar-refractivity contribution in [2.45, 2.75) is 33.1 Å². The van der Waals surface area contributed by atoms with Gasteiger partial charge in [-0.1, -0.05) is 32.3 Å². The van der Waals surface area contributed by atoms with Gasteiger partial charge in [0, 0.05) is 0 Å². The fourth-order valence-corrected chi connectivity index (χ4v) is 0.795. The molecule has 0 amide bonds. The van der Waals surface area contributed by atoms with E-state index in [-0.39, 0.29) is 0 Å². The Hall–Kier alpha value is -0.700. The van der Waals surface area contributed by atoms with Crippen LogP contribution in [0.25, 0.3) is 0 Å². The Kier molecular flexibility index (Phi) is 5.97. The Balaban J connectivity index is 3.07. The fraction of sp³-hybridized carbons (Fsp3) is 0.600. The molecule has 0 spiro atoms. The Morgan fingerprint density at radius 2 is 2.20 bits per heavy atom. The van der Waals surface area contributed by atoms with Gasteiger partial charge < -0.3 is 0 Å². The molecule has 0 N–H and O–H groups in total. The van der Waals surface area contributed by atoms with Crippen molar-refractivity contribution in [3.63, 3.8) is 0 Å². The highest BCUT2D eigenvalue weighted by Crippen LogP contribution is 2.05. The Labute approximate surface area is 64.3 Å². The van der Waals surface area contributed by atoms with Crippen LogP contribution < -0.4 is 0 Å². The van der Waals surface area contributed by atoms with Crippen LogP contribution in [0.4, 0.5) is 0 Å². The molecule has 0 aromatic heterocycles. The summed E-state index contributed by atoms with van der Waals surface area (Å²) in [7, 11) is 0. The number of unbranched alkanes of at least 4 members (excludes halogenated alkanes) is 1. The van der Waals surface area contributed by atoms with Crippen molar-refractivity contribution in [2.24, 2.45) is 5.92 Å². The molecule has 0 rings (SSSR count). The highest BCUT2D eigenvalue weighted by atomic mass is 14.0. The zero-order valence-electron chi connectivity index (χ0n) is 6.93. The van der Waals surface area contributed by atoms with E-state index >= 15 is 0 Å². The zero-order chi connectivity index (χ0) is 7.82. The molecule has 0 saturated carbocycles. The van der Waals surface area contributed by atoms with Gasteiger partial charge in [-0.2, -0.15) is 0 Å². The standard InChI is InChI=1S/C10H16/c1-4-5-6-7-8-9-10(2)3/h1,5-6,10H,7-9H2,2-3H3/b6-5-. The van der Waals surface area contributed by atoms with Gasteiger partial charge >= 0.3 is 0 Å². The van der Waals surface area contributed by atoms with Crippen LogP contribution in [-0.4, -0.2) is 0 Å². The Bertz CT molecular complexity index is 123. The van der Waals surface area contributed by atoms with Crippen LogP contribution in [0.5, 0.6) is 0 Å². The number of terminal acetylenes is 1. The van der Waals surface area contributed by atoms with E-state index in [9.17, 15) is 0 Å². The van der Waals surface area contributed by atoms with Gasteiger partial charge in [0.25, 0.3) is 0 Å². The van der Waals surface area contributed by atoms with Crippen LogP contribution >= 0.6 is 0 Å². The lowest BCUT2D eigenvalue weighted by Gasteiger charge is -1.99. The van der Waals surface area contributed by atoms with Crippen molar-refractivity contribution in [3.8, 4) is 12.3 Å². The predicted octanol–water partition coefficient (Wildman–Crippen LogP) is 3.00. The molecule has 0 unspecified atom stereocenters. The zero-order valence-corrected chi connectivity index (χ0v) is 6.93. The van der Waals surface area contributed by atoms with Crippen LogP contribution in [0.1, 0.15) is 33.1 Å². The van der Waals surface area contributed by atoms with Gasteiger partial charge in [-0.15, -0.1) is 6.42 Å². The molecule has 10 heavy (non-hydrogen) atoms. The van der Waals surface area contributed by atoms with Crippen molar-refractivity contribution < 1.29 is 0 Å². The lowest BCUT2D eigenvalue weighted by molar-refractivity contribution is 0.560. The molecule has 0 aliphatic carbocycles. The van der Waals surface area contributed by atoms with Gasteiger partial charge in [-0.25, -0.2) is 0 Å². The number of hydrogen-bond acceptors (Lipinski definition) is 0. The minimum atomic E-state index is 0.819. The maximum absolute atomic E-state index is 5.03. The summed E-state index contributed by atoms with van der Waals surface area (Å²) in [6, 6.07) is 0. The first-order chi connectivity index (χ1) is 4.77. The molecule has 0 aliphatic heterocycles. The van der Waals surface area contributed by atoms with E-state index in [2.05, 4.69) is 25.8 Å². The van der Waals surface area contributed by atoms with E-state index in [1.165, 1.54) is 12.8 Å². The average molecular weight is 136 g/mol. The molecule has 0 atom stereocenters. The van der Waals surface area contributed by atoms with Crippen LogP contribution in [0.3, 0.4) is 0 Å². The van der Waals surface area contributed by atoms with Gasteiger partial charge in [0.15, 0.2) is 0 Å². The van der Waals surface area contributed by atoms with Crippen molar-refractivity contribution in [1.29, 1.82) is 0 Å². The molecular formula is C10H16. The van der Waals surface area contributed by atoms with E-state index in [1.807, 2.05) is 0 Å². The lowest BCUT2D eigenvalue weighted by Crippen LogP contribution is -1.84. The third kappa shape index (κ3) is 7.30. The molecule has 0 nitrogen and oxygen atoms in total. The molecule has 0 bridgehead atoms. The van der Waals surface area contributed by atoms with Crippen LogP contribution in [0, 0.1) is 18.3 Å². The molecule has 0 aromatic carbocycles. The van der Waals surface area contributed by atoms with E-state index in [1.54, 1.807) is 6.08 Å². The molecular weight excluding hydrogens is 120 g/mol. The smallest absolute Gasteiger partial charge is 0.0162 e. The van der Waals surface area contributed by atoms with E-state index in [0.29, 0.717) is 0 Å². The topological polar surface area (TPSA) is 0 Å². The Morgan fingerprint density at radius 1 is 1.50 bits per heavy atom. The van der Waals surface area contributed by atoms with Gasteiger partial charge in [0.05, 0.1) is 0 Å². The third-order valence-electron chi connectivity index (χ3n) is 1.37. The molecule has 0 aromatic rings. The second-order valence-corrected chi connectivity index (χ2v) is 2.89. The minimum Gasteiger partial charge on any atom is -0.115 e. The SMILES string of the molecule is C#C/C=C\CCCC(C)C. The summed E-state index contributed by atoms with van der Waals surface area (Å²) in [5.41, 5.74) is 0. The van der Waals surface area contributed by atoms with Crippen LogP contribution in [0.15, 0.2) is 12.2 Å². The summed E-state index contributed by atoms with van der Waals surface area (Å²) >= 11 is 0. The second kappa shape index (κ2) is 6.42. The normalized spacial score (nSPS) is 10.6. The predicted molar refractivity (Wildman–Crippen MR) is 46.7 cm³/mol. The first-order valence-electron chi connectivity index (χ1n) is 3.88. The van der Waals surface area contributed by atoms with E-state index in [4.69, 9.17) is 6.42 Å². The van der Waals surface area contributed by atoms with Crippen LogP contribution in [0.2, 0.25) is 0 Å². The van der Waals surface area contributed by atoms with E-state index < -0.39 is 0 Å². The molecule has 0 heteroatoms. The third-order valence-corrected chi connectivity index (χ3v) is 1.37. The molecule has 0 radical (unpaired) electrons. The number of rotatable bonds is 4. The van der Waals surface area contributed by atoms with Crippen LogP contribution in [-0.2, 0) is 0 Å². The van der Waals surface area contributed by atoms with Crippen molar-refractivity contribution in [1.82, 2.24) is 0 Å². The first kappa shape index (κ1) is 9.30. The van der Waals surface area contributed by atoms with Crippen molar-refractivity contribution >= 4 is 0 Å². The second-order valence-electron chi connectivity index (χ2n) is 2.89. The summed E-state index contributed by atoms with van der Waals surface area (Å²) in [5.74, 6) is 3.29. The Morgan fingerprint density at radius 3 is 2.70 bits per heavy atom. The van der Waals surface area contributed by atoms with Gasteiger partial charge in [-0.05, 0) is 24.8 Å². The summed E-state index contributed by atoms with van der Waals surface area (Å²) in [4.78, 5) is 0. The molecule has 0 heterocycles. The molecule has 56 valence electrons. The lowest BCUT2D eigenvalue weighted by atomic mass is 10.1. The maximum atomic E-state index is 5.03. The largest absolute Gasteiger partial charge is 0.115 e. The minimum absolute atomic E-state index is 0.819. The van der Waals surface area contributed by atoms with E-state index in [0.717, 1.165) is 12.3 Å². The summed E-state index contributed by atoms with van der Waals surface area (Å²) in [6.45, 7) is 4.48. The first-order valence-corrected chi connectivity index (χ1v) is 3.88. The van der Waals surface area contributed by atoms with Gasteiger partial charge in [-0.3, -0.25) is 0 Å². The highest BCUT2D eigenvalue weighted by Gasteiger charge is 1.90. The summed E-state index contributed by atoms with van der Waals surface area (Å²) in [6.07, 6.45) is 12.6. The summed E-state index contributed by atoms with van der Waals surface area (Å²) < 4.78 is 0. The van der Waals surface area contributed by atoms with Gasteiger partial charge in [0.2, 0.25) is 0 Å². The van der Waals surface area contributed by atoms with Crippen molar-refractivity contribution in [3.05, 3.63) is 12.2 Å². The maximum Gasteiger partial charge on any atom is -0.0162 e. The quantitative estimate of drug-likeness (QED) is 0.411. The monoisotopic (exact) mass is 136 g/mol. The molecule has 0 saturated heterocycles. The number of hydrogen-bond donors (Lipinski definition) is 0. The molecule has 0 aliphatic rings. The summed E-state index contributed by atoms with van der Waals surface area (Å²) in [5, 5.41) is 0. The number of allylic oxidation sites excluding steroid dienone is 2. The highest BCUT2D eigenvalue weighted by molar-refractivity contribution is 5.08. The molecule has 0 fully saturated rings. The average Bonchev–Trinajstić information content (AvgIpc) is 1.87. The van der Waals surface area contributed by atoms with Gasteiger partial charge in [0.1, 0.15) is 0 Å². The fourth-order valence-electron chi connectivity index (χ4n) is 0.795.